The summed E-state index contributed by atoms with van der Waals surface area (Å²) in [5.74, 6) is 0.964. The second-order valence-electron chi connectivity index (χ2n) is 8.50. The highest BCUT2D eigenvalue weighted by Gasteiger charge is 2.45. The molecule has 1 aromatic carbocycles. The first kappa shape index (κ1) is 17.6. The first-order chi connectivity index (χ1) is 13.7. The van der Waals surface area contributed by atoms with Crippen LogP contribution >= 0.6 is 0 Å². The lowest BCUT2D eigenvalue weighted by Gasteiger charge is -2.55. The summed E-state index contributed by atoms with van der Waals surface area (Å²) in [5.41, 5.74) is 1.48. The lowest BCUT2D eigenvalue weighted by atomic mass is 9.74. The largest absolute Gasteiger partial charge is 0.337 e. The number of carbonyl (C=O) groups excluding carboxylic acids is 1. The third-order valence-electron chi connectivity index (χ3n) is 6.76. The third-order valence-corrected chi connectivity index (χ3v) is 6.76. The minimum atomic E-state index is -0.281. The molecule has 2 bridgehead atoms. The number of benzene rings is 1. The van der Waals surface area contributed by atoms with Gasteiger partial charge in [0.1, 0.15) is 5.69 Å². The van der Waals surface area contributed by atoms with E-state index < -0.39 is 0 Å². The molecule has 1 N–H and O–H groups in total. The Bertz CT molecular complexity index is 892. The molecule has 0 aliphatic carbocycles. The highest BCUT2D eigenvalue weighted by atomic mass is 16.2. The molecule has 6 heteroatoms. The van der Waals surface area contributed by atoms with E-state index in [0.717, 1.165) is 19.6 Å². The summed E-state index contributed by atoms with van der Waals surface area (Å²) in [7, 11) is 0. The van der Waals surface area contributed by atoms with Crippen molar-refractivity contribution in [2.45, 2.75) is 37.8 Å². The van der Waals surface area contributed by atoms with Crippen LogP contribution in [0.5, 0.6) is 0 Å². The zero-order chi connectivity index (χ0) is 19.1. The standard InChI is InChI=1S/C22H26N4O2/c27-21-10-9-18(23-24-21)22(28)25-12-15-11-17(14-25)20-8-4-7-19(26(20)13-15)16-5-2-1-3-6-16/h1-3,5-6,9-10,15,17,19-20H,4,7-8,11-14H2,(H,24,27)/t15-,17+,19+,20-/m0/s1. The van der Waals surface area contributed by atoms with Crippen molar-refractivity contribution in [2.24, 2.45) is 11.8 Å². The van der Waals surface area contributed by atoms with E-state index in [0.29, 0.717) is 29.6 Å². The van der Waals surface area contributed by atoms with Gasteiger partial charge in [-0.05, 0) is 49.1 Å². The quantitative estimate of drug-likeness (QED) is 0.872. The van der Waals surface area contributed by atoms with Crippen LogP contribution in [0.1, 0.15) is 47.8 Å². The van der Waals surface area contributed by atoms with Crippen molar-refractivity contribution in [2.75, 3.05) is 19.6 Å². The molecule has 1 amide bonds. The second kappa shape index (κ2) is 7.17. The summed E-state index contributed by atoms with van der Waals surface area (Å²) in [6, 6.07) is 14.8. The van der Waals surface area contributed by atoms with Gasteiger partial charge in [-0.3, -0.25) is 14.5 Å². The van der Waals surface area contributed by atoms with E-state index in [4.69, 9.17) is 0 Å². The maximum Gasteiger partial charge on any atom is 0.274 e. The van der Waals surface area contributed by atoms with Crippen molar-refractivity contribution in [1.29, 1.82) is 0 Å². The number of likely N-dealkylation sites (tertiary alicyclic amines) is 1. The number of rotatable bonds is 2. The molecule has 3 aliphatic heterocycles. The normalized spacial score (nSPS) is 29.9. The highest BCUT2D eigenvalue weighted by molar-refractivity contribution is 5.92. The summed E-state index contributed by atoms with van der Waals surface area (Å²) >= 11 is 0. The van der Waals surface area contributed by atoms with Gasteiger partial charge in [0.05, 0.1) is 0 Å². The Morgan fingerprint density at radius 2 is 1.89 bits per heavy atom. The number of fused-ring (bicyclic) bond motifs is 4. The Kier molecular flexibility index (Phi) is 4.51. The van der Waals surface area contributed by atoms with Crippen LogP contribution in [0.25, 0.3) is 0 Å². The molecule has 146 valence electrons. The average molecular weight is 378 g/mol. The number of carbonyl (C=O) groups is 1. The van der Waals surface area contributed by atoms with Gasteiger partial charge >= 0.3 is 0 Å². The number of aromatic amines is 1. The van der Waals surface area contributed by atoms with E-state index in [9.17, 15) is 9.59 Å². The van der Waals surface area contributed by atoms with Gasteiger partial charge in [0, 0.05) is 37.8 Å². The highest BCUT2D eigenvalue weighted by Crippen LogP contribution is 2.44. The topological polar surface area (TPSA) is 69.3 Å². The van der Waals surface area contributed by atoms with Gasteiger partial charge in [-0.2, -0.15) is 5.10 Å². The lowest BCUT2D eigenvalue weighted by Crippen LogP contribution is -2.60. The maximum atomic E-state index is 12.9. The molecular formula is C22H26N4O2. The third kappa shape index (κ3) is 3.15. The van der Waals surface area contributed by atoms with Crippen LogP contribution in [0.3, 0.4) is 0 Å². The molecule has 3 fully saturated rings. The van der Waals surface area contributed by atoms with E-state index in [2.05, 4.69) is 45.4 Å². The first-order valence-corrected chi connectivity index (χ1v) is 10.3. The van der Waals surface area contributed by atoms with Gasteiger partial charge in [0.15, 0.2) is 0 Å². The molecule has 0 unspecified atom stereocenters. The van der Waals surface area contributed by atoms with Gasteiger partial charge in [-0.1, -0.05) is 30.3 Å². The van der Waals surface area contributed by atoms with Crippen molar-refractivity contribution in [3.8, 4) is 0 Å². The van der Waals surface area contributed by atoms with Crippen LogP contribution < -0.4 is 5.56 Å². The first-order valence-electron chi connectivity index (χ1n) is 10.3. The van der Waals surface area contributed by atoms with Crippen molar-refractivity contribution >= 4 is 5.91 Å². The lowest BCUT2D eigenvalue weighted by molar-refractivity contribution is -0.0512. The Morgan fingerprint density at radius 3 is 2.68 bits per heavy atom. The van der Waals surface area contributed by atoms with Crippen LogP contribution in [0.2, 0.25) is 0 Å². The zero-order valence-electron chi connectivity index (χ0n) is 16.0. The molecule has 6 nitrogen and oxygen atoms in total. The minimum absolute atomic E-state index is 0.0604. The van der Waals surface area contributed by atoms with Crippen LogP contribution in [0.4, 0.5) is 0 Å². The fourth-order valence-corrected chi connectivity index (χ4v) is 5.63. The number of piperidine rings is 3. The van der Waals surface area contributed by atoms with E-state index in [-0.39, 0.29) is 11.5 Å². The summed E-state index contributed by atoms with van der Waals surface area (Å²) in [6.45, 7) is 2.63. The van der Waals surface area contributed by atoms with Crippen molar-refractivity contribution < 1.29 is 4.79 Å². The van der Waals surface area contributed by atoms with Crippen molar-refractivity contribution in [3.63, 3.8) is 0 Å². The molecule has 0 radical (unpaired) electrons. The molecule has 3 saturated heterocycles. The summed E-state index contributed by atoms with van der Waals surface area (Å²) in [4.78, 5) is 28.8. The van der Waals surface area contributed by atoms with E-state index in [1.165, 1.54) is 43.4 Å². The van der Waals surface area contributed by atoms with Crippen LogP contribution in [-0.4, -0.2) is 51.6 Å². The number of nitrogens with zero attached hydrogens (tertiary/aromatic N) is 3. The predicted octanol–water partition coefficient (Wildman–Crippen LogP) is 2.46. The molecule has 3 aliphatic rings. The fraction of sp³-hybridized carbons (Fsp3) is 0.500. The Hall–Kier alpha value is -2.47. The molecule has 4 atom stereocenters. The Labute approximate surface area is 164 Å². The van der Waals surface area contributed by atoms with Crippen molar-refractivity contribution in [1.82, 2.24) is 20.0 Å². The minimum Gasteiger partial charge on any atom is -0.337 e. The smallest absolute Gasteiger partial charge is 0.274 e. The van der Waals surface area contributed by atoms with E-state index in [1.54, 1.807) is 0 Å². The van der Waals surface area contributed by atoms with Crippen LogP contribution in [0.15, 0.2) is 47.3 Å². The molecular weight excluding hydrogens is 352 g/mol. The number of hydrogen-bond donors (Lipinski definition) is 1. The molecule has 1 aromatic heterocycles. The number of aromatic nitrogens is 2. The van der Waals surface area contributed by atoms with Gasteiger partial charge in [0.25, 0.3) is 11.5 Å². The summed E-state index contributed by atoms with van der Waals surface area (Å²) in [5, 5.41) is 6.32. The van der Waals surface area contributed by atoms with Gasteiger partial charge in [-0.15, -0.1) is 0 Å². The molecule has 0 spiro atoms. The van der Waals surface area contributed by atoms with Crippen molar-refractivity contribution in [3.05, 3.63) is 64.1 Å². The van der Waals surface area contributed by atoms with Gasteiger partial charge in [0.2, 0.25) is 0 Å². The Balaban J connectivity index is 1.36. The molecule has 28 heavy (non-hydrogen) atoms. The summed E-state index contributed by atoms with van der Waals surface area (Å²) < 4.78 is 0. The monoisotopic (exact) mass is 378 g/mol. The average Bonchev–Trinajstić information content (AvgIpc) is 2.74. The number of hydrogen-bond acceptors (Lipinski definition) is 4. The number of amides is 1. The maximum absolute atomic E-state index is 12.9. The predicted molar refractivity (Wildman–Crippen MR) is 106 cm³/mol. The fourth-order valence-electron chi connectivity index (χ4n) is 5.63. The summed E-state index contributed by atoms with van der Waals surface area (Å²) in [6.07, 6.45) is 4.91. The van der Waals surface area contributed by atoms with E-state index in [1.807, 2.05) is 4.90 Å². The second-order valence-corrected chi connectivity index (χ2v) is 8.50. The van der Waals surface area contributed by atoms with Crippen LogP contribution in [0, 0.1) is 11.8 Å². The molecule has 4 heterocycles. The molecule has 5 rings (SSSR count). The number of H-pyrrole nitrogens is 1. The van der Waals surface area contributed by atoms with E-state index >= 15 is 0 Å². The zero-order valence-corrected chi connectivity index (χ0v) is 16.0. The van der Waals surface area contributed by atoms with Gasteiger partial charge in [-0.25, -0.2) is 5.10 Å². The number of nitrogens with one attached hydrogen (secondary N) is 1. The van der Waals surface area contributed by atoms with Gasteiger partial charge < -0.3 is 4.90 Å². The Morgan fingerprint density at radius 1 is 1.04 bits per heavy atom. The van der Waals surface area contributed by atoms with Crippen LogP contribution in [-0.2, 0) is 0 Å². The molecule has 2 aromatic rings. The molecule has 0 saturated carbocycles. The SMILES string of the molecule is O=C(c1ccc(=O)[nH]n1)N1C[C@@H]2C[C@H](C1)[C@@H]1CCC[C@H](c3ccccc3)N1C2.